The highest BCUT2D eigenvalue weighted by atomic mass is 32.2. The molecule has 0 saturated carbocycles. The summed E-state index contributed by atoms with van der Waals surface area (Å²) in [6.07, 6.45) is 0. The van der Waals surface area contributed by atoms with Crippen LogP contribution in [0.2, 0.25) is 0 Å². The van der Waals surface area contributed by atoms with Crippen molar-refractivity contribution in [1.29, 1.82) is 0 Å². The molecule has 0 aliphatic rings. The van der Waals surface area contributed by atoms with Crippen molar-refractivity contribution in [2.45, 2.75) is 31.9 Å². The smallest absolute Gasteiger partial charge is 0.156 e. The van der Waals surface area contributed by atoms with E-state index in [2.05, 4.69) is 55.3 Å². The Morgan fingerprint density at radius 3 is 2.24 bits per heavy atom. The van der Waals surface area contributed by atoms with Gasteiger partial charge in [0, 0.05) is 19.8 Å². The van der Waals surface area contributed by atoms with Crippen molar-refractivity contribution in [1.82, 2.24) is 5.32 Å². The lowest BCUT2D eigenvalue weighted by molar-refractivity contribution is 0.590. The molecular formula is C14H22N2S. The number of hydrogen-bond acceptors (Lipinski definition) is 2. The van der Waals surface area contributed by atoms with Crippen LogP contribution < -0.4 is 5.32 Å². The van der Waals surface area contributed by atoms with Crippen LogP contribution >= 0.6 is 11.8 Å². The summed E-state index contributed by atoms with van der Waals surface area (Å²) in [6.45, 7) is 6.71. The lowest BCUT2D eigenvalue weighted by atomic mass is 9.87. The number of rotatable bonds is 2. The van der Waals surface area contributed by atoms with Gasteiger partial charge in [-0.15, -0.1) is 0 Å². The Balaban J connectivity index is 2.63. The fourth-order valence-corrected chi connectivity index (χ4v) is 2.27. The Morgan fingerprint density at radius 1 is 1.24 bits per heavy atom. The van der Waals surface area contributed by atoms with Crippen LogP contribution in [0.15, 0.2) is 29.3 Å². The quantitative estimate of drug-likeness (QED) is 0.642. The first-order chi connectivity index (χ1) is 7.97. The Hall–Kier alpha value is -0.960. The standard InChI is InChI=1S/C14H22N2S/c1-14(2,3)12-8-6-11(7-9-12)10-17-13(15-4)16-5/h6-9H,10H2,1-5H3,(H,15,16). The highest BCUT2D eigenvalue weighted by molar-refractivity contribution is 8.13. The van der Waals surface area contributed by atoms with Crippen LogP contribution in [0.5, 0.6) is 0 Å². The number of thioether (sulfide) groups is 1. The topological polar surface area (TPSA) is 24.4 Å². The van der Waals surface area contributed by atoms with Crippen molar-refractivity contribution in [3.63, 3.8) is 0 Å². The first-order valence-corrected chi connectivity index (χ1v) is 6.82. The fourth-order valence-electron chi connectivity index (χ4n) is 1.50. The normalized spacial score (nSPS) is 12.6. The zero-order valence-corrected chi connectivity index (χ0v) is 12.2. The van der Waals surface area contributed by atoms with Gasteiger partial charge in [-0.1, -0.05) is 56.8 Å². The molecule has 17 heavy (non-hydrogen) atoms. The molecule has 0 atom stereocenters. The van der Waals surface area contributed by atoms with E-state index in [1.165, 1.54) is 11.1 Å². The van der Waals surface area contributed by atoms with Crippen molar-refractivity contribution in [3.8, 4) is 0 Å². The predicted molar refractivity (Wildman–Crippen MR) is 78.9 cm³/mol. The number of nitrogens with one attached hydrogen (secondary N) is 1. The van der Waals surface area contributed by atoms with Crippen LogP contribution in [0.1, 0.15) is 31.9 Å². The summed E-state index contributed by atoms with van der Waals surface area (Å²) in [6, 6.07) is 8.85. The number of benzene rings is 1. The van der Waals surface area contributed by atoms with Gasteiger partial charge in [-0.3, -0.25) is 4.99 Å². The molecule has 1 aromatic carbocycles. The highest BCUT2D eigenvalue weighted by Crippen LogP contribution is 2.23. The molecule has 0 unspecified atom stereocenters. The molecule has 94 valence electrons. The molecule has 0 bridgehead atoms. The van der Waals surface area contributed by atoms with Gasteiger partial charge in [0.15, 0.2) is 5.17 Å². The van der Waals surface area contributed by atoms with Crippen molar-refractivity contribution in [2.24, 2.45) is 4.99 Å². The molecule has 0 aromatic heterocycles. The Labute approximate surface area is 109 Å². The summed E-state index contributed by atoms with van der Waals surface area (Å²) in [5.74, 6) is 0.956. The lowest BCUT2D eigenvalue weighted by Gasteiger charge is -2.19. The van der Waals surface area contributed by atoms with E-state index in [9.17, 15) is 0 Å². The van der Waals surface area contributed by atoms with E-state index < -0.39 is 0 Å². The Bertz CT molecular complexity index is 374. The third kappa shape index (κ3) is 4.43. The largest absolute Gasteiger partial charge is 0.368 e. The average molecular weight is 250 g/mol. The van der Waals surface area contributed by atoms with Gasteiger partial charge < -0.3 is 5.32 Å². The van der Waals surface area contributed by atoms with E-state index in [1.54, 1.807) is 11.8 Å². The van der Waals surface area contributed by atoms with Gasteiger partial charge in [0.1, 0.15) is 0 Å². The number of hydrogen-bond donors (Lipinski definition) is 1. The molecule has 0 heterocycles. The molecule has 0 spiro atoms. The van der Waals surface area contributed by atoms with Crippen LogP contribution in [0.4, 0.5) is 0 Å². The minimum absolute atomic E-state index is 0.229. The summed E-state index contributed by atoms with van der Waals surface area (Å²) < 4.78 is 0. The third-order valence-electron chi connectivity index (χ3n) is 2.61. The Kier molecular flexibility index (Phi) is 5.06. The van der Waals surface area contributed by atoms with Crippen LogP contribution in [-0.2, 0) is 11.2 Å². The summed E-state index contributed by atoms with van der Waals surface area (Å²) in [4.78, 5) is 4.15. The maximum absolute atomic E-state index is 4.15. The van der Waals surface area contributed by atoms with Gasteiger partial charge in [0.25, 0.3) is 0 Å². The van der Waals surface area contributed by atoms with Gasteiger partial charge in [-0.2, -0.15) is 0 Å². The van der Waals surface area contributed by atoms with E-state index in [0.29, 0.717) is 0 Å². The molecule has 3 heteroatoms. The first-order valence-electron chi connectivity index (χ1n) is 5.84. The Morgan fingerprint density at radius 2 is 1.82 bits per heavy atom. The third-order valence-corrected chi connectivity index (χ3v) is 3.75. The maximum atomic E-state index is 4.15. The highest BCUT2D eigenvalue weighted by Gasteiger charge is 2.12. The zero-order valence-electron chi connectivity index (χ0n) is 11.4. The van der Waals surface area contributed by atoms with Gasteiger partial charge in [-0.05, 0) is 16.5 Å². The molecule has 2 nitrogen and oxygen atoms in total. The summed E-state index contributed by atoms with van der Waals surface area (Å²) >= 11 is 1.73. The SMILES string of the molecule is CN=C(NC)SCc1ccc(C(C)(C)C)cc1. The molecule has 1 aromatic rings. The summed E-state index contributed by atoms with van der Waals surface area (Å²) in [5.41, 5.74) is 2.94. The minimum Gasteiger partial charge on any atom is -0.368 e. The average Bonchev–Trinajstić information content (AvgIpc) is 2.30. The van der Waals surface area contributed by atoms with Crippen molar-refractivity contribution < 1.29 is 0 Å². The molecule has 1 N–H and O–H groups in total. The molecule has 0 aliphatic heterocycles. The van der Waals surface area contributed by atoms with E-state index in [4.69, 9.17) is 0 Å². The van der Waals surface area contributed by atoms with Crippen molar-refractivity contribution in [2.75, 3.05) is 14.1 Å². The van der Waals surface area contributed by atoms with Gasteiger partial charge in [-0.25, -0.2) is 0 Å². The zero-order chi connectivity index (χ0) is 12.9. The van der Waals surface area contributed by atoms with E-state index in [0.717, 1.165) is 10.9 Å². The van der Waals surface area contributed by atoms with E-state index in [1.807, 2.05) is 14.1 Å². The van der Waals surface area contributed by atoms with Crippen molar-refractivity contribution in [3.05, 3.63) is 35.4 Å². The summed E-state index contributed by atoms with van der Waals surface area (Å²) in [7, 11) is 3.71. The van der Waals surface area contributed by atoms with Crippen LogP contribution in [0.3, 0.4) is 0 Å². The minimum atomic E-state index is 0.229. The van der Waals surface area contributed by atoms with Gasteiger partial charge in [0.2, 0.25) is 0 Å². The van der Waals surface area contributed by atoms with Crippen molar-refractivity contribution >= 4 is 16.9 Å². The monoisotopic (exact) mass is 250 g/mol. The molecule has 1 rings (SSSR count). The van der Waals surface area contributed by atoms with E-state index >= 15 is 0 Å². The molecular weight excluding hydrogens is 228 g/mol. The van der Waals surface area contributed by atoms with Gasteiger partial charge >= 0.3 is 0 Å². The van der Waals surface area contributed by atoms with Crippen LogP contribution in [0.25, 0.3) is 0 Å². The second-order valence-corrected chi connectivity index (χ2v) is 5.98. The molecule has 0 amide bonds. The van der Waals surface area contributed by atoms with E-state index in [-0.39, 0.29) is 5.41 Å². The first kappa shape index (κ1) is 14.1. The number of amidine groups is 1. The van der Waals surface area contributed by atoms with Gasteiger partial charge in [0.05, 0.1) is 0 Å². The number of nitrogens with zero attached hydrogens (tertiary/aromatic N) is 1. The molecule has 0 saturated heterocycles. The molecule has 0 fully saturated rings. The van der Waals surface area contributed by atoms with Crippen LogP contribution in [0, 0.1) is 0 Å². The molecule has 0 aliphatic carbocycles. The predicted octanol–water partition coefficient (Wildman–Crippen LogP) is 3.42. The second-order valence-electron chi connectivity index (χ2n) is 5.01. The lowest BCUT2D eigenvalue weighted by Crippen LogP contribution is -2.14. The van der Waals surface area contributed by atoms with Crippen LogP contribution in [-0.4, -0.2) is 19.3 Å². The summed E-state index contributed by atoms with van der Waals surface area (Å²) in [5, 5.41) is 4.05. The second kappa shape index (κ2) is 6.10. The number of aliphatic imine (C=N–C) groups is 1. The fraction of sp³-hybridized carbons (Fsp3) is 0.500. The molecule has 0 radical (unpaired) electrons. The maximum Gasteiger partial charge on any atom is 0.156 e.